The first-order valence-corrected chi connectivity index (χ1v) is 5.97. The van der Waals surface area contributed by atoms with Gasteiger partial charge < -0.3 is 5.11 Å². The molecule has 3 aliphatic rings. The zero-order valence-electron chi connectivity index (χ0n) is 8.54. The van der Waals surface area contributed by atoms with Gasteiger partial charge in [0.25, 0.3) is 0 Å². The molecule has 0 heterocycles. The zero-order valence-corrected chi connectivity index (χ0v) is 8.54. The molecule has 2 nitrogen and oxygen atoms in total. The van der Waals surface area contributed by atoms with Gasteiger partial charge in [-0.05, 0) is 49.9 Å². The van der Waals surface area contributed by atoms with Gasteiger partial charge in [0.05, 0.1) is 5.41 Å². The van der Waals surface area contributed by atoms with Crippen LogP contribution in [0.2, 0.25) is 0 Å². The third kappa shape index (κ3) is 0.896. The second-order valence-corrected chi connectivity index (χ2v) is 5.52. The van der Waals surface area contributed by atoms with Crippen LogP contribution in [0.1, 0.15) is 44.9 Å². The summed E-state index contributed by atoms with van der Waals surface area (Å²) in [6.07, 6.45) is 8.26. The van der Waals surface area contributed by atoms with Crippen molar-refractivity contribution in [1.82, 2.24) is 0 Å². The van der Waals surface area contributed by atoms with Crippen molar-refractivity contribution in [1.29, 1.82) is 0 Å². The molecule has 3 rings (SSSR count). The van der Waals surface area contributed by atoms with Crippen molar-refractivity contribution in [2.45, 2.75) is 44.9 Å². The molecular formula is C12H18O2. The fourth-order valence-corrected chi connectivity index (χ4v) is 4.58. The van der Waals surface area contributed by atoms with Crippen LogP contribution in [0.25, 0.3) is 0 Å². The monoisotopic (exact) mass is 194 g/mol. The molecule has 3 fully saturated rings. The Morgan fingerprint density at radius 1 is 1.21 bits per heavy atom. The lowest BCUT2D eigenvalue weighted by Gasteiger charge is -2.39. The molecule has 0 aromatic carbocycles. The number of carboxylic acid groups (broad SMARTS) is 1. The minimum atomic E-state index is -0.491. The number of hydrogen-bond donors (Lipinski definition) is 1. The Morgan fingerprint density at radius 3 is 2.79 bits per heavy atom. The highest BCUT2D eigenvalue weighted by Crippen LogP contribution is 2.64. The summed E-state index contributed by atoms with van der Waals surface area (Å²) in [6, 6.07) is 0. The van der Waals surface area contributed by atoms with E-state index in [4.69, 9.17) is 0 Å². The van der Waals surface area contributed by atoms with E-state index >= 15 is 0 Å². The molecule has 3 saturated carbocycles. The molecule has 2 heteroatoms. The Hall–Kier alpha value is -0.530. The van der Waals surface area contributed by atoms with Crippen molar-refractivity contribution in [2.24, 2.45) is 23.2 Å². The van der Waals surface area contributed by atoms with E-state index in [0.717, 1.165) is 24.7 Å². The first-order chi connectivity index (χ1) is 6.74. The molecule has 0 aromatic rings. The summed E-state index contributed by atoms with van der Waals surface area (Å²) in [5.74, 6) is 1.58. The van der Waals surface area contributed by atoms with Crippen molar-refractivity contribution >= 4 is 5.97 Å². The van der Waals surface area contributed by atoms with Crippen LogP contribution in [0.5, 0.6) is 0 Å². The predicted molar refractivity (Wildman–Crippen MR) is 52.9 cm³/mol. The molecule has 2 bridgehead atoms. The largest absolute Gasteiger partial charge is 0.481 e. The highest BCUT2D eigenvalue weighted by Gasteiger charge is 2.61. The van der Waals surface area contributed by atoms with E-state index in [1.165, 1.54) is 32.1 Å². The molecule has 0 aliphatic heterocycles. The normalized spacial score (nSPS) is 50.4. The highest BCUT2D eigenvalue weighted by molar-refractivity contribution is 5.76. The second kappa shape index (κ2) is 2.74. The molecular weight excluding hydrogens is 176 g/mol. The molecule has 1 N–H and O–H groups in total. The van der Waals surface area contributed by atoms with Gasteiger partial charge in [-0.1, -0.05) is 12.8 Å². The number of rotatable bonds is 1. The summed E-state index contributed by atoms with van der Waals surface area (Å²) in [4.78, 5) is 11.4. The van der Waals surface area contributed by atoms with Gasteiger partial charge in [-0.25, -0.2) is 0 Å². The van der Waals surface area contributed by atoms with Crippen LogP contribution in [0.15, 0.2) is 0 Å². The molecule has 0 aromatic heterocycles. The number of aliphatic carboxylic acids is 1. The van der Waals surface area contributed by atoms with E-state index in [-0.39, 0.29) is 5.41 Å². The zero-order chi connectivity index (χ0) is 9.76. The van der Waals surface area contributed by atoms with Gasteiger partial charge >= 0.3 is 5.97 Å². The van der Waals surface area contributed by atoms with Gasteiger partial charge in [-0.3, -0.25) is 4.79 Å². The van der Waals surface area contributed by atoms with Crippen molar-refractivity contribution in [3.8, 4) is 0 Å². The minimum absolute atomic E-state index is 0.282. The van der Waals surface area contributed by atoms with E-state index in [9.17, 15) is 9.90 Å². The Morgan fingerprint density at radius 2 is 2.00 bits per heavy atom. The molecule has 0 amide bonds. The molecule has 3 aliphatic carbocycles. The van der Waals surface area contributed by atoms with E-state index < -0.39 is 5.97 Å². The average Bonchev–Trinajstić information content (AvgIpc) is 2.75. The number of carbonyl (C=O) groups is 1. The molecule has 0 radical (unpaired) electrons. The van der Waals surface area contributed by atoms with Crippen LogP contribution >= 0.6 is 0 Å². The van der Waals surface area contributed by atoms with Crippen molar-refractivity contribution in [3.63, 3.8) is 0 Å². The van der Waals surface area contributed by atoms with Crippen LogP contribution < -0.4 is 0 Å². The predicted octanol–water partition coefficient (Wildman–Crippen LogP) is 2.68. The Balaban J connectivity index is 1.95. The average molecular weight is 194 g/mol. The van der Waals surface area contributed by atoms with Crippen LogP contribution in [0.4, 0.5) is 0 Å². The van der Waals surface area contributed by atoms with E-state index in [2.05, 4.69) is 0 Å². The minimum Gasteiger partial charge on any atom is -0.481 e. The Labute approximate surface area is 84.7 Å². The summed E-state index contributed by atoms with van der Waals surface area (Å²) in [7, 11) is 0. The van der Waals surface area contributed by atoms with Crippen LogP contribution in [0.3, 0.4) is 0 Å². The molecule has 0 saturated heterocycles. The maximum absolute atomic E-state index is 11.4. The van der Waals surface area contributed by atoms with Crippen molar-refractivity contribution < 1.29 is 9.90 Å². The molecule has 4 atom stereocenters. The maximum Gasteiger partial charge on any atom is 0.309 e. The summed E-state index contributed by atoms with van der Waals surface area (Å²) >= 11 is 0. The van der Waals surface area contributed by atoms with Gasteiger partial charge in [-0.2, -0.15) is 0 Å². The summed E-state index contributed by atoms with van der Waals surface area (Å²) in [5.41, 5.74) is -0.282. The van der Waals surface area contributed by atoms with E-state index in [1.54, 1.807) is 0 Å². The Kier molecular flexibility index (Phi) is 1.71. The van der Waals surface area contributed by atoms with Crippen molar-refractivity contribution in [3.05, 3.63) is 0 Å². The summed E-state index contributed by atoms with van der Waals surface area (Å²) in [5, 5.41) is 9.43. The Bertz CT molecular complexity index is 273. The van der Waals surface area contributed by atoms with Crippen LogP contribution in [-0.2, 0) is 4.79 Å². The number of carboxylic acids is 1. The van der Waals surface area contributed by atoms with E-state index in [0.29, 0.717) is 5.92 Å². The number of hydrogen-bond acceptors (Lipinski definition) is 1. The fourth-order valence-electron chi connectivity index (χ4n) is 4.58. The van der Waals surface area contributed by atoms with E-state index in [1.807, 2.05) is 0 Å². The smallest absolute Gasteiger partial charge is 0.309 e. The van der Waals surface area contributed by atoms with Gasteiger partial charge in [-0.15, -0.1) is 0 Å². The van der Waals surface area contributed by atoms with Gasteiger partial charge in [0.15, 0.2) is 0 Å². The van der Waals surface area contributed by atoms with Crippen molar-refractivity contribution in [2.75, 3.05) is 0 Å². The van der Waals surface area contributed by atoms with Crippen LogP contribution in [0, 0.1) is 23.2 Å². The summed E-state index contributed by atoms with van der Waals surface area (Å²) in [6.45, 7) is 0. The third-order valence-electron chi connectivity index (χ3n) is 5.15. The lowest BCUT2D eigenvalue weighted by Crippen LogP contribution is -2.38. The lowest BCUT2D eigenvalue weighted by atomic mass is 9.64. The molecule has 4 unspecified atom stereocenters. The topological polar surface area (TPSA) is 37.3 Å². The quantitative estimate of drug-likeness (QED) is 0.696. The van der Waals surface area contributed by atoms with Gasteiger partial charge in [0.1, 0.15) is 0 Å². The maximum atomic E-state index is 11.4. The highest BCUT2D eigenvalue weighted by atomic mass is 16.4. The third-order valence-corrected chi connectivity index (χ3v) is 5.15. The molecule has 14 heavy (non-hydrogen) atoms. The summed E-state index contributed by atoms with van der Waals surface area (Å²) < 4.78 is 0. The molecule has 0 spiro atoms. The first-order valence-electron chi connectivity index (χ1n) is 5.97. The fraction of sp³-hybridized carbons (Fsp3) is 0.917. The SMILES string of the molecule is O=C(O)C12CCC(C1)C1CCCCC12. The standard InChI is InChI=1S/C12H18O2/c13-11(14)12-6-5-8(7-12)9-3-1-2-4-10(9)12/h8-10H,1-7H2,(H,13,14). The van der Waals surface area contributed by atoms with Crippen LogP contribution in [-0.4, -0.2) is 11.1 Å². The van der Waals surface area contributed by atoms with Gasteiger partial charge in [0.2, 0.25) is 0 Å². The second-order valence-electron chi connectivity index (χ2n) is 5.52. The number of fused-ring (bicyclic) bond motifs is 5. The first kappa shape index (κ1) is 8.75. The van der Waals surface area contributed by atoms with Gasteiger partial charge in [0, 0.05) is 0 Å². The molecule has 78 valence electrons. The lowest BCUT2D eigenvalue weighted by molar-refractivity contribution is -0.152.